The maximum Gasteiger partial charge on any atom is 0.193 e. The second-order valence-electron chi connectivity index (χ2n) is 5.40. The van der Waals surface area contributed by atoms with Gasteiger partial charge >= 0.3 is 0 Å². The summed E-state index contributed by atoms with van der Waals surface area (Å²) in [4.78, 5) is 7.88. The first-order valence-electron chi connectivity index (χ1n) is 7.68. The smallest absolute Gasteiger partial charge is 0.193 e. The Labute approximate surface area is 140 Å². The van der Waals surface area contributed by atoms with E-state index in [0.29, 0.717) is 6.54 Å². The number of benzene rings is 1. The lowest BCUT2D eigenvalue weighted by molar-refractivity contribution is 0.474. The molecule has 0 radical (unpaired) electrons. The highest BCUT2D eigenvalue weighted by Gasteiger charge is 2.08. The molecule has 0 spiro atoms. The molecule has 120 valence electrons. The SMILES string of the molecule is CN=C(NCc1cc2ccccc2o1)N(C)CCc1cccs1. The van der Waals surface area contributed by atoms with Crippen LogP contribution in [-0.4, -0.2) is 31.5 Å². The van der Waals surface area contributed by atoms with Gasteiger partial charge in [0.15, 0.2) is 5.96 Å². The molecule has 0 aliphatic carbocycles. The highest BCUT2D eigenvalue weighted by molar-refractivity contribution is 7.09. The van der Waals surface area contributed by atoms with E-state index >= 15 is 0 Å². The van der Waals surface area contributed by atoms with E-state index in [2.05, 4.69) is 51.9 Å². The molecule has 0 atom stereocenters. The van der Waals surface area contributed by atoms with Gasteiger partial charge in [0.05, 0.1) is 6.54 Å². The van der Waals surface area contributed by atoms with Gasteiger partial charge in [-0.2, -0.15) is 0 Å². The van der Waals surface area contributed by atoms with Crippen molar-refractivity contribution >= 4 is 28.3 Å². The second-order valence-corrected chi connectivity index (χ2v) is 6.43. The van der Waals surface area contributed by atoms with Crippen LogP contribution in [0.25, 0.3) is 11.0 Å². The molecule has 0 aliphatic heterocycles. The summed E-state index contributed by atoms with van der Waals surface area (Å²) in [6, 6.07) is 14.4. The van der Waals surface area contributed by atoms with Crippen LogP contribution in [0, 0.1) is 0 Å². The van der Waals surface area contributed by atoms with E-state index in [1.54, 1.807) is 11.3 Å². The summed E-state index contributed by atoms with van der Waals surface area (Å²) in [7, 11) is 3.87. The summed E-state index contributed by atoms with van der Waals surface area (Å²) < 4.78 is 5.83. The summed E-state index contributed by atoms with van der Waals surface area (Å²) in [6.45, 7) is 1.56. The maximum absolute atomic E-state index is 5.83. The Kier molecular flexibility index (Phi) is 4.98. The molecular weight excluding hydrogens is 306 g/mol. The van der Waals surface area contributed by atoms with E-state index < -0.39 is 0 Å². The van der Waals surface area contributed by atoms with Gasteiger partial charge < -0.3 is 14.6 Å². The Bertz CT molecular complexity index is 744. The fourth-order valence-corrected chi connectivity index (χ4v) is 3.21. The van der Waals surface area contributed by atoms with Crippen molar-refractivity contribution in [3.63, 3.8) is 0 Å². The van der Waals surface area contributed by atoms with Crippen LogP contribution in [0.1, 0.15) is 10.6 Å². The number of furan rings is 1. The zero-order chi connectivity index (χ0) is 16.1. The van der Waals surface area contributed by atoms with Gasteiger partial charge in [-0.15, -0.1) is 11.3 Å². The van der Waals surface area contributed by atoms with Crippen LogP contribution in [0.15, 0.2) is 57.3 Å². The van der Waals surface area contributed by atoms with Crippen LogP contribution in [0.3, 0.4) is 0 Å². The molecule has 23 heavy (non-hydrogen) atoms. The molecule has 5 heteroatoms. The number of hydrogen-bond acceptors (Lipinski definition) is 3. The van der Waals surface area contributed by atoms with Gasteiger partial charge in [0, 0.05) is 30.9 Å². The third-order valence-electron chi connectivity index (χ3n) is 3.74. The summed E-state index contributed by atoms with van der Waals surface area (Å²) in [5.74, 6) is 1.79. The van der Waals surface area contributed by atoms with Gasteiger partial charge in [-0.3, -0.25) is 4.99 Å². The molecule has 3 aromatic rings. The topological polar surface area (TPSA) is 40.8 Å². The third kappa shape index (κ3) is 3.93. The van der Waals surface area contributed by atoms with Gasteiger partial charge in [0.2, 0.25) is 0 Å². The van der Waals surface area contributed by atoms with E-state index in [4.69, 9.17) is 4.42 Å². The molecule has 1 N–H and O–H groups in total. The number of para-hydroxylation sites is 1. The van der Waals surface area contributed by atoms with Crippen molar-refractivity contribution < 1.29 is 4.42 Å². The highest BCUT2D eigenvalue weighted by Crippen LogP contribution is 2.18. The van der Waals surface area contributed by atoms with Crippen LogP contribution >= 0.6 is 11.3 Å². The van der Waals surface area contributed by atoms with Crippen molar-refractivity contribution in [2.75, 3.05) is 20.6 Å². The first kappa shape index (κ1) is 15.6. The average molecular weight is 327 g/mol. The number of nitrogens with one attached hydrogen (secondary N) is 1. The van der Waals surface area contributed by atoms with E-state index in [1.807, 2.05) is 25.2 Å². The first-order chi connectivity index (χ1) is 11.3. The largest absolute Gasteiger partial charge is 0.459 e. The van der Waals surface area contributed by atoms with Crippen molar-refractivity contribution in [2.45, 2.75) is 13.0 Å². The molecule has 2 aromatic heterocycles. The van der Waals surface area contributed by atoms with Crippen LogP contribution in [0.2, 0.25) is 0 Å². The van der Waals surface area contributed by atoms with Gasteiger partial charge in [0.25, 0.3) is 0 Å². The lowest BCUT2D eigenvalue weighted by atomic mass is 10.2. The van der Waals surface area contributed by atoms with Gasteiger partial charge in [-0.05, 0) is 30.0 Å². The van der Waals surface area contributed by atoms with Gasteiger partial charge in [0.1, 0.15) is 11.3 Å². The fourth-order valence-electron chi connectivity index (χ4n) is 2.51. The number of guanidine groups is 1. The van der Waals surface area contributed by atoms with Crippen molar-refractivity contribution in [1.29, 1.82) is 0 Å². The quantitative estimate of drug-likeness (QED) is 0.573. The number of nitrogens with zero attached hydrogens (tertiary/aromatic N) is 2. The van der Waals surface area contributed by atoms with Crippen LogP contribution in [0.4, 0.5) is 0 Å². The number of rotatable bonds is 5. The van der Waals surface area contributed by atoms with Crippen molar-refractivity contribution in [3.8, 4) is 0 Å². The van der Waals surface area contributed by atoms with E-state index in [0.717, 1.165) is 35.7 Å². The lowest BCUT2D eigenvalue weighted by Gasteiger charge is -2.21. The highest BCUT2D eigenvalue weighted by atomic mass is 32.1. The van der Waals surface area contributed by atoms with Gasteiger partial charge in [-0.25, -0.2) is 0 Å². The monoisotopic (exact) mass is 327 g/mol. The Morgan fingerprint density at radius 3 is 2.87 bits per heavy atom. The lowest BCUT2D eigenvalue weighted by Crippen LogP contribution is -2.39. The van der Waals surface area contributed by atoms with Crippen LogP contribution < -0.4 is 5.32 Å². The first-order valence-corrected chi connectivity index (χ1v) is 8.56. The van der Waals surface area contributed by atoms with Crippen molar-refractivity contribution in [2.24, 2.45) is 4.99 Å². The predicted octanol–water partition coefficient (Wildman–Crippen LogP) is 3.74. The Morgan fingerprint density at radius 1 is 1.26 bits per heavy atom. The Morgan fingerprint density at radius 2 is 2.13 bits per heavy atom. The zero-order valence-electron chi connectivity index (χ0n) is 13.5. The normalized spacial score (nSPS) is 11.8. The summed E-state index contributed by atoms with van der Waals surface area (Å²) >= 11 is 1.79. The Hall–Kier alpha value is -2.27. The molecule has 0 bridgehead atoms. The molecule has 1 aromatic carbocycles. The van der Waals surface area contributed by atoms with Crippen molar-refractivity contribution in [3.05, 3.63) is 58.5 Å². The molecule has 4 nitrogen and oxygen atoms in total. The minimum absolute atomic E-state index is 0.630. The number of likely N-dealkylation sites (N-methyl/N-ethyl adjacent to an activating group) is 1. The number of thiophene rings is 1. The molecular formula is C18H21N3OS. The standard InChI is InChI=1S/C18H21N3OS/c1-19-18(21(2)10-9-16-7-5-11-23-16)20-13-15-12-14-6-3-4-8-17(14)22-15/h3-8,11-12H,9-10,13H2,1-2H3,(H,19,20). The molecule has 3 rings (SSSR count). The number of hydrogen-bond donors (Lipinski definition) is 1. The Balaban J connectivity index is 1.56. The summed E-state index contributed by atoms with van der Waals surface area (Å²) in [5, 5.41) is 6.61. The van der Waals surface area contributed by atoms with E-state index in [9.17, 15) is 0 Å². The molecule has 0 aliphatic rings. The molecule has 0 unspecified atom stereocenters. The molecule has 0 saturated heterocycles. The molecule has 0 fully saturated rings. The summed E-state index contributed by atoms with van der Waals surface area (Å²) in [6.07, 6.45) is 1.03. The maximum atomic E-state index is 5.83. The molecule has 0 saturated carbocycles. The van der Waals surface area contributed by atoms with Gasteiger partial charge in [-0.1, -0.05) is 24.3 Å². The van der Waals surface area contributed by atoms with Crippen LogP contribution in [0.5, 0.6) is 0 Å². The molecule has 0 amide bonds. The zero-order valence-corrected chi connectivity index (χ0v) is 14.3. The second kappa shape index (κ2) is 7.33. The van der Waals surface area contributed by atoms with Crippen LogP contribution in [-0.2, 0) is 13.0 Å². The predicted molar refractivity (Wildman–Crippen MR) is 97.1 cm³/mol. The number of fused-ring (bicyclic) bond motifs is 1. The van der Waals surface area contributed by atoms with E-state index in [-0.39, 0.29) is 0 Å². The van der Waals surface area contributed by atoms with E-state index in [1.165, 1.54) is 4.88 Å². The fraction of sp³-hybridized carbons (Fsp3) is 0.278. The summed E-state index contributed by atoms with van der Waals surface area (Å²) in [5.41, 5.74) is 0.922. The van der Waals surface area contributed by atoms with Crippen molar-refractivity contribution in [1.82, 2.24) is 10.2 Å². The molecule has 2 heterocycles. The minimum Gasteiger partial charge on any atom is -0.459 e. The average Bonchev–Trinajstić information content (AvgIpc) is 3.22. The minimum atomic E-state index is 0.630. The number of aliphatic imine (C=N–C) groups is 1. The third-order valence-corrected chi connectivity index (χ3v) is 4.68.